The number of urea groups is 1. The fourth-order valence-electron chi connectivity index (χ4n) is 3.88. The second-order valence-corrected chi connectivity index (χ2v) is 7.64. The minimum Gasteiger partial charge on any atom is -0.352 e. The Balaban J connectivity index is 1.32. The van der Waals surface area contributed by atoms with E-state index in [2.05, 4.69) is 10.6 Å². The van der Waals surface area contributed by atoms with E-state index < -0.39 is 18.0 Å². The lowest BCUT2D eigenvalue weighted by Gasteiger charge is -2.13. The van der Waals surface area contributed by atoms with Crippen LogP contribution in [0, 0.1) is 5.82 Å². The molecule has 3 aromatic rings. The highest BCUT2D eigenvalue weighted by molar-refractivity contribution is 6.05. The maximum atomic E-state index is 13.3. The van der Waals surface area contributed by atoms with E-state index in [1.54, 1.807) is 12.1 Å². The van der Waals surface area contributed by atoms with Crippen LogP contribution in [0.1, 0.15) is 17.5 Å². The molecule has 1 fully saturated rings. The Morgan fingerprint density at radius 3 is 2.77 bits per heavy atom. The average Bonchev–Trinajstić information content (AvgIpc) is 3.21. The average molecular weight is 422 g/mol. The number of halogens is 1. The van der Waals surface area contributed by atoms with Crippen molar-refractivity contribution in [2.24, 2.45) is 7.05 Å². The molecule has 1 saturated heterocycles. The predicted molar refractivity (Wildman–Crippen MR) is 114 cm³/mol. The van der Waals surface area contributed by atoms with Crippen molar-refractivity contribution in [1.82, 2.24) is 20.1 Å². The lowest BCUT2D eigenvalue weighted by atomic mass is 10.1. The summed E-state index contributed by atoms with van der Waals surface area (Å²) in [4.78, 5) is 38.2. The monoisotopic (exact) mass is 422 g/mol. The van der Waals surface area contributed by atoms with E-state index in [0.717, 1.165) is 21.4 Å². The summed E-state index contributed by atoms with van der Waals surface area (Å²) in [6.45, 7) is 0.459. The number of aromatic nitrogens is 1. The molecule has 1 aromatic heterocycles. The lowest BCUT2D eigenvalue weighted by molar-refractivity contribution is -0.130. The summed E-state index contributed by atoms with van der Waals surface area (Å²) in [5.41, 5.74) is 2.74. The van der Waals surface area contributed by atoms with Crippen molar-refractivity contribution in [3.05, 3.63) is 71.7 Å². The number of amides is 4. The minimum atomic E-state index is -0.896. The zero-order valence-electron chi connectivity index (χ0n) is 17.1. The molecule has 2 N–H and O–H groups in total. The van der Waals surface area contributed by atoms with Gasteiger partial charge in [-0.1, -0.05) is 30.3 Å². The maximum absolute atomic E-state index is 13.3. The molecule has 4 amide bonds. The van der Waals surface area contributed by atoms with Crippen LogP contribution in [0.25, 0.3) is 10.9 Å². The Bertz CT molecular complexity index is 1160. The zero-order chi connectivity index (χ0) is 22.0. The quantitative estimate of drug-likeness (QED) is 0.574. The molecule has 8 heteroatoms. The highest BCUT2D eigenvalue weighted by Gasteiger charge is 2.38. The summed E-state index contributed by atoms with van der Waals surface area (Å²) >= 11 is 0. The van der Waals surface area contributed by atoms with Crippen LogP contribution in [0.15, 0.2) is 54.7 Å². The second kappa shape index (κ2) is 8.59. The van der Waals surface area contributed by atoms with Crippen LogP contribution in [0.5, 0.6) is 0 Å². The SMILES string of the molecule is Cn1cc(CNC(=O)C[C@H]2NC(=O)N(CCc3cccc(F)c3)C2=O)c2ccccc21. The van der Waals surface area contributed by atoms with Gasteiger partial charge in [0, 0.05) is 37.2 Å². The number of nitrogens with zero attached hydrogens (tertiary/aromatic N) is 2. The molecular formula is C23H23FN4O3. The van der Waals surface area contributed by atoms with Gasteiger partial charge in [-0.25, -0.2) is 9.18 Å². The highest BCUT2D eigenvalue weighted by atomic mass is 19.1. The van der Waals surface area contributed by atoms with Crippen LogP contribution in [-0.4, -0.2) is 39.9 Å². The summed E-state index contributed by atoms with van der Waals surface area (Å²) in [6.07, 6.45) is 2.17. The van der Waals surface area contributed by atoms with Gasteiger partial charge in [-0.3, -0.25) is 14.5 Å². The van der Waals surface area contributed by atoms with E-state index in [9.17, 15) is 18.8 Å². The maximum Gasteiger partial charge on any atom is 0.324 e. The number of carbonyl (C=O) groups excluding carboxylic acids is 3. The Hall–Kier alpha value is -3.68. The number of hydrogen-bond donors (Lipinski definition) is 2. The third kappa shape index (κ3) is 4.42. The van der Waals surface area contributed by atoms with Gasteiger partial charge in [0.2, 0.25) is 5.91 Å². The lowest BCUT2D eigenvalue weighted by Crippen LogP contribution is -2.36. The molecule has 0 spiro atoms. The Morgan fingerprint density at radius 2 is 1.97 bits per heavy atom. The van der Waals surface area contributed by atoms with Crippen molar-refractivity contribution >= 4 is 28.7 Å². The van der Waals surface area contributed by atoms with E-state index in [-0.39, 0.29) is 24.7 Å². The topological polar surface area (TPSA) is 83.4 Å². The predicted octanol–water partition coefficient (Wildman–Crippen LogP) is 2.49. The molecule has 0 bridgehead atoms. The summed E-state index contributed by atoms with van der Waals surface area (Å²) in [5.74, 6) is -1.13. The number of para-hydroxylation sites is 1. The smallest absolute Gasteiger partial charge is 0.324 e. The molecule has 0 saturated carbocycles. The first-order valence-electron chi connectivity index (χ1n) is 10.1. The van der Waals surface area contributed by atoms with Crippen LogP contribution in [-0.2, 0) is 29.6 Å². The third-order valence-corrected chi connectivity index (χ3v) is 5.47. The van der Waals surface area contributed by atoms with Gasteiger partial charge in [0.25, 0.3) is 5.91 Å². The number of aryl methyl sites for hydroxylation is 1. The number of carbonyl (C=O) groups is 3. The summed E-state index contributed by atoms with van der Waals surface area (Å²) in [6, 6.07) is 12.5. The van der Waals surface area contributed by atoms with Crippen LogP contribution >= 0.6 is 0 Å². The number of hydrogen-bond acceptors (Lipinski definition) is 3. The molecule has 0 aliphatic carbocycles. The molecule has 31 heavy (non-hydrogen) atoms. The first-order chi connectivity index (χ1) is 14.9. The molecule has 1 atom stereocenters. The molecule has 0 radical (unpaired) electrons. The number of nitrogens with one attached hydrogen (secondary N) is 2. The van der Waals surface area contributed by atoms with E-state index in [4.69, 9.17) is 0 Å². The molecular weight excluding hydrogens is 399 g/mol. The fourth-order valence-corrected chi connectivity index (χ4v) is 3.88. The van der Waals surface area contributed by atoms with Crippen molar-refractivity contribution in [3.63, 3.8) is 0 Å². The molecule has 2 aromatic carbocycles. The van der Waals surface area contributed by atoms with Gasteiger partial charge in [-0.15, -0.1) is 0 Å². The Kier molecular flexibility index (Phi) is 5.70. The molecule has 4 rings (SSSR count). The number of rotatable bonds is 7. The van der Waals surface area contributed by atoms with Gasteiger partial charge >= 0.3 is 6.03 Å². The molecule has 1 aliphatic rings. The number of benzene rings is 2. The molecule has 160 valence electrons. The van der Waals surface area contributed by atoms with E-state index in [1.165, 1.54) is 12.1 Å². The van der Waals surface area contributed by atoms with Gasteiger partial charge in [0.15, 0.2) is 0 Å². The van der Waals surface area contributed by atoms with Crippen LogP contribution in [0.2, 0.25) is 0 Å². The van der Waals surface area contributed by atoms with Gasteiger partial charge in [0.1, 0.15) is 11.9 Å². The van der Waals surface area contributed by atoms with Gasteiger partial charge in [-0.05, 0) is 35.7 Å². The van der Waals surface area contributed by atoms with Crippen molar-refractivity contribution in [2.45, 2.75) is 25.4 Å². The normalized spacial score (nSPS) is 16.1. The number of fused-ring (bicyclic) bond motifs is 1. The van der Waals surface area contributed by atoms with E-state index in [1.807, 2.05) is 42.1 Å². The van der Waals surface area contributed by atoms with Crippen molar-refractivity contribution < 1.29 is 18.8 Å². The molecule has 1 aliphatic heterocycles. The largest absolute Gasteiger partial charge is 0.352 e. The van der Waals surface area contributed by atoms with Gasteiger partial charge in [0.05, 0.1) is 6.42 Å². The standard InChI is InChI=1S/C23H23FN4O3/c1-27-14-16(18-7-2-3-8-20(18)27)13-25-21(29)12-19-22(30)28(23(31)26-19)10-9-15-5-4-6-17(24)11-15/h2-8,11,14,19H,9-10,12-13H2,1H3,(H,25,29)(H,26,31)/t19-/m1/s1. The van der Waals surface area contributed by atoms with Crippen molar-refractivity contribution in [3.8, 4) is 0 Å². The van der Waals surface area contributed by atoms with Gasteiger partial charge in [-0.2, -0.15) is 0 Å². The summed E-state index contributed by atoms with van der Waals surface area (Å²) in [5, 5.41) is 6.45. The second-order valence-electron chi connectivity index (χ2n) is 7.64. The van der Waals surface area contributed by atoms with Crippen LogP contribution in [0.3, 0.4) is 0 Å². The fraction of sp³-hybridized carbons (Fsp3) is 0.261. The number of imide groups is 1. The summed E-state index contributed by atoms with van der Waals surface area (Å²) < 4.78 is 15.3. The van der Waals surface area contributed by atoms with Crippen molar-refractivity contribution in [2.75, 3.05) is 6.54 Å². The third-order valence-electron chi connectivity index (χ3n) is 5.47. The molecule has 0 unspecified atom stereocenters. The van der Waals surface area contributed by atoms with Crippen LogP contribution in [0.4, 0.5) is 9.18 Å². The molecule has 7 nitrogen and oxygen atoms in total. The first kappa shape index (κ1) is 20.6. The zero-order valence-corrected chi connectivity index (χ0v) is 17.1. The van der Waals surface area contributed by atoms with Crippen LogP contribution < -0.4 is 10.6 Å². The Labute approximate surface area is 178 Å². The molecule has 2 heterocycles. The van der Waals surface area contributed by atoms with E-state index in [0.29, 0.717) is 18.5 Å². The minimum absolute atomic E-state index is 0.127. The Morgan fingerprint density at radius 1 is 1.16 bits per heavy atom. The highest BCUT2D eigenvalue weighted by Crippen LogP contribution is 2.20. The summed E-state index contributed by atoms with van der Waals surface area (Å²) in [7, 11) is 1.94. The van der Waals surface area contributed by atoms with Crippen molar-refractivity contribution in [1.29, 1.82) is 0 Å². The van der Waals surface area contributed by atoms with E-state index >= 15 is 0 Å². The van der Waals surface area contributed by atoms with Gasteiger partial charge < -0.3 is 15.2 Å². The first-order valence-corrected chi connectivity index (χ1v) is 10.1.